The van der Waals surface area contributed by atoms with Crippen LogP contribution >= 0.6 is 0 Å². The second kappa shape index (κ2) is 13.4. The van der Waals surface area contributed by atoms with Crippen LogP contribution in [0.4, 0.5) is 0 Å². The van der Waals surface area contributed by atoms with Gasteiger partial charge in [-0.1, -0.05) is 89.0 Å². The molecule has 0 fully saturated rings. The van der Waals surface area contributed by atoms with E-state index < -0.39 is 6.10 Å². The minimum Gasteiger partial charge on any atom is -0.389 e. The molecule has 2 nitrogen and oxygen atoms in total. The van der Waals surface area contributed by atoms with E-state index in [2.05, 4.69) is 13.8 Å². The topological polar surface area (TPSA) is 29.5 Å². The third-order valence-corrected chi connectivity index (χ3v) is 4.71. The van der Waals surface area contributed by atoms with Crippen molar-refractivity contribution in [2.45, 2.75) is 104 Å². The average Bonchev–Trinajstić information content (AvgIpc) is 2.59. The predicted molar refractivity (Wildman–Crippen MR) is 103 cm³/mol. The lowest BCUT2D eigenvalue weighted by Gasteiger charge is -2.13. The molecule has 24 heavy (non-hydrogen) atoms. The first-order chi connectivity index (χ1) is 11.6. The fourth-order valence-electron chi connectivity index (χ4n) is 2.96. The first-order valence-corrected chi connectivity index (χ1v) is 10.0. The highest BCUT2D eigenvalue weighted by molar-refractivity contribution is 5.23. The first-order valence-electron chi connectivity index (χ1n) is 10.0. The number of hydrogen-bond donors (Lipinski definition) is 1. The van der Waals surface area contributed by atoms with Crippen molar-refractivity contribution >= 4 is 0 Å². The molecule has 0 aromatic heterocycles. The summed E-state index contributed by atoms with van der Waals surface area (Å²) < 4.78 is 5.94. The van der Waals surface area contributed by atoms with E-state index >= 15 is 0 Å². The van der Waals surface area contributed by atoms with E-state index in [-0.39, 0.29) is 0 Å². The van der Waals surface area contributed by atoms with Gasteiger partial charge in [0.2, 0.25) is 0 Å². The quantitative estimate of drug-likeness (QED) is 0.390. The number of aliphatic hydroxyl groups excluding tert-OH is 1. The van der Waals surface area contributed by atoms with Crippen molar-refractivity contribution in [3.05, 3.63) is 35.4 Å². The highest BCUT2D eigenvalue weighted by atomic mass is 16.5. The summed E-state index contributed by atoms with van der Waals surface area (Å²) in [6.45, 7) is 6.90. The molecule has 2 unspecified atom stereocenters. The minimum atomic E-state index is -0.398. The summed E-state index contributed by atoms with van der Waals surface area (Å²) in [5.74, 6) is 0. The van der Waals surface area contributed by atoms with Crippen LogP contribution in [-0.4, -0.2) is 11.2 Å². The highest BCUT2D eigenvalue weighted by Crippen LogP contribution is 2.15. The van der Waals surface area contributed by atoms with Gasteiger partial charge in [-0.3, -0.25) is 0 Å². The first kappa shape index (κ1) is 21.2. The number of unbranched alkanes of at least 4 members (excludes halogenated alkanes) is 8. The van der Waals surface area contributed by atoms with Gasteiger partial charge in [-0.05, 0) is 31.4 Å². The molecule has 1 rings (SSSR count). The van der Waals surface area contributed by atoms with Crippen LogP contribution in [0.2, 0.25) is 0 Å². The molecule has 0 spiro atoms. The summed E-state index contributed by atoms with van der Waals surface area (Å²) in [5.41, 5.74) is 2.14. The Morgan fingerprint density at radius 2 is 1.38 bits per heavy atom. The zero-order valence-corrected chi connectivity index (χ0v) is 16.1. The van der Waals surface area contributed by atoms with Gasteiger partial charge >= 0.3 is 0 Å². The lowest BCUT2D eigenvalue weighted by Crippen LogP contribution is -2.08. The molecule has 0 radical (unpaired) electrons. The molecule has 0 saturated heterocycles. The van der Waals surface area contributed by atoms with E-state index in [1.165, 1.54) is 63.4 Å². The molecular weight excluding hydrogens is 296 g/mol. The van der Waals surface area contributed by atoms with E-state index in [1.807, 2.05) is 24.3 Å². The van der Waals surface area contributed by atoms with Gasteiger partial charge in [0.15, 0.2) is 0 Å². The van der Waals surface area contributed by atoms with Gasteiger partial charge < -0.3 is 9.84 Å². The Morgan fingerprint density at radius 3 is 1.92 bits per heavy atom. The number of benzene rings is 1. The summed E-state index contributed by atoms with van der Waals surface area (Å²) in [7, 11) is 0. The van der Waals surface area contributed by atoms with E-state index in [9.17, 15) is 5.11 Å². The van der Waals surface area contributed by atoms with E-state index in [0.29, 0.717) is 12.7 Å². The summed E-state index contributed by atoms with van der Waals surface area (Å²) >= 11 is 0. The summed E-state index contributed by atoms with van der Waals surface area (Å²) in [6, 6.07) is 8.06. The molecule has 0 amide bonds. The number of aliphatic hydroxyl groups is 1. The van der Waals surface area contributed by atoms with Crippen molar-refractivity contribution in [3.63, 3.8) is 0 Å². The van der Waals surface area contributed by atoms with Gasteiger partial charge in [-0.2, -0.15) is 0 Å². The van der Waals surface area contributed by atoms with Crippen LogP contribution < -0.4 is 0 Å². The Labute approximate surface area is 149 Å². The maximum atomic E-state index is 9.51. The maximum absolute atomic E-state index is 9.51. The monoisotopic (exact) mass is 334 g/mol. The molecule has 0 aliphatic carbocycles. The summed E-state index contributed by atoms with van der Waals surface area (Å²) in [4.78, 5) is 0. The largest absolute Gasteiger partial charge is 0.389 e. The third kappa shape index (κ3) is 10.1. The lowest BCUT2D eigenvalue weighted by molar-refractivity contribution is 0.0458. The molecular formula is C22H38O2. The predicted octanol–water partition coefficient (Wildman–Crippen LogP) is 6.57. The molecule has 138 valence electrons. The van der Waals surface area contributed by atoms with Crippen LogP contribution in [0.5, 0.6) is 0 Å². The smallest absolute Gasteiger partial charge is 0.0761 e. The van der Waals surface area contributed by atoms with Crippen molar-refractivity contribution in [2.75, 3.05) is 0 Å². The van der Waals surface area contributed by atoms with E-state index in [1.54, 1.807) is 6.92 Å². The molecule has 0 aliphatic heterocycles. The molecule has 1 aromatic rings. The molecule has 1 aromatic carbocycles. The zero-order valence-electron chi connectivity index (χ0n) is 16.1. The maximum Gasteiger partial charge on any atom is 0.0761 e. The van der Waals surface area contributed by atoms with Crippen LogP contribution in [0.25, 0.3) is 0 Å². The van der Waals surface area contributed by atoms with Gasteiger partial charge in [0.1, 0.15) is 0 Å². The Kier molecular flexibility index (Phi) is 11.9. The van der Waals surface area contributed by atoms with Crippen LogP contribution in [0.1, 0.15) is 102 Å². The van der Waals surface area contributed by atoms with Crippen LogP contribution in [-0.2, 0) is 11.3 Å². The highest BCUT2D eigenvalue weighted by Gasteiger charge is 2.04. The van der Waals surface area contributed by atoms with Crippen LogP contribution in [0.3, 0.4) is 0 Å². The van der Waals surface area contributed by atoms with E-state index in [0.717, 1.165) is 12.0 Å². The van der Waals surface area contributed by atoms with Crippen molar-refractivity contribution in [1.29, 1.82) is 0 Å². The molecule has 0 aliphatic rings. The Bertz CT molecular complexity index is 397. The number of hydrogen-bond acceptors (Lipinski definition) is 2. The zero-order chi connectivity index (χ0) is 17.6. The summed E-state index contributed by atoms with van der Waals surface area (Å²) in [6.07, 6.45) is 13.4. The van der Waals surface area contributed by atoms with Crippen molar-refractivity contribution in [3.8, 4) is 0 Å². The molecule has 0 bridgehead atoms. The van der Waals surface area contributed by atoms with Gasteiger partial charge in [-0.25, -0.2) is 0 Å². The molecule has 0 saturated carbocycles. The van der Waals surface area contributed by atoms with Gasteiger partial charge in [-0.15, -0.1) is 0 Å². The molecule has 2 atom stereocenters. The Balaban J connectivity index is 2.01. The van der Waals surface area contributed by atoms with Crippen LogP contribution in [0.15, 0.2) is 24.3 Å². The summed E-state index contributed by atoms with van der Waals surface area (Å²) in [5, 5.41) is 9.51. The average molecular weight is 335 g/mol. The van der Waals surface area contributed by atoms with E-state index in [4.69, 9.17) is 4.74 Å². The Hall–Kier alpha value is -0.860. The number of ether oxygens (including phenoxy) is 1. The van der Waals surface area contributed by atoms with Gasteiger partial charge in [0.05, 0.1) is 18.8 Å². The van der Waals surface area contributed by atoms with Gasteiger partial charge in [0.25, 0.3) is 0 Å². The van der Waals surface area contributed by atoms with Crippen molar-refractivity contribution in [1.82, 2.24) is 0 Å². The third-order valence-electron chi connectivity index (χ3n) is 4.71. The van der Waals surface area contributed by atoms with Crippen molar-refractivity contribution in [2.24, 2.45) is 0 Å². The Morgan fingerprint density at radius 1 is 0.833 bits per heavy atom. The van der Waals surface area contributed by atoms with Crippen LogP contribution in [0, 0.1) is 0 Å². The van der Waals surface area contributed by atoms with Crippen molar-refractivity contribution < 1.29 is 9.84 Å². The normalized spacial score (nSPS) is 13.8. The van der Waals surface area contributed by atoms with Gasteiger partial charge in [0, 0.05) is 0 Å². The molecule has 0 heterocycles. The standard InChI is InChI=1S/C22H38O2/c1-4-5-6-7-8-9-10-11-12-13-19(2)24-18-21-14-16-22(17-15-21)20(3)23/h14-17,19-20,23H,4-13,18H2,1-3H3. The SMILES string of the molecule is CCCCCCCCCCCC(C)OCc1ccc(C(C)O)cc1. The number of rotatable bonds is 14. The fourth-order valence-corrected chi connectivity index (χ4v) is 2.96. The molecule has 2 heteroatoms. The minimum absolute atomic E-state index is 0.325. The fraction of sp³-hybridized carbons (Fsp3) is 0.727. The second-order valence-corrected chi connectivity index (χ2v) is 7.16. The lowest BCUT2D eigenvalue weighted by atomic mass is 10.1. The molecule has 1 N–H and O–H groups in total. The second-order valence-electron chi connectivity index (χ2n) is 7.16.